The van der Waals surface area contributed by atoms with Crippen LogP contribution in [-0.4, -0.2) is 32.9 Å². The minimum atomic E-state index is -0.0813. The zero-order valence-electron chi connectivity index (χ0n) is 49.1. The van der Waals surface area contributed by atoms with Crippen molar-refractivity contribution in [3.8, 4) is 51.0 Å². The maximum Gasteiger partial charge on any atom is 0.314 e. The number of ether oxygens (including phenoxy) is 3. The molecule has 9 heteroatoms. The van der Waals surface area contributed by atoms with Crippen LogP contribution in [-0.2, 0) is 33.6 Å². The summed E-state index contributed by atoms with van der Waals surface area (Å²) in [5.41, 5.74) is 9.83. The van der Waals surface area contributed by atoms with Crippen LogP contribution in [0, 0.1) is 35.5 Å². The van der Waals surface area contributed by atoms with Crippen molar-refractivity contribution in [1.29, 1.82) is 0 Å². The van der Waals surface area contributed by atoms with Crippen LogP contribution in [0.2, 0.25) is 0 Å². The van der Waals surface area contributed by atoms with Gasteiger partial charge in [-0.3, -0.25) is 29.3 Å². The Kier molecular flexibility index (Phi) is 25.0. The number of carbonyl (C=O) groups excluding carboxylic acids is 3. The van der Waals surface area contributed by atoms with Crippen LogP contribution in [0.25, 0.3) is 33.8 Å². The molecule has 0 atom stereocenters. The lowest BCUT2D eigenvalue weighted by atomic mass is 9.73. The van der Waals surface area contributed by atoms with Gasteiger partial charge < -0.3 is 14.2 Å². The monoisotopic (exact) mass is 1080 g/mol. The van der Waals surface area contributed by atoms with Gasteiger partial charge in [-0.1, -0.05) is 137 Å². The van der Waals surface area contributed by atoms with Crippen LogP contribution in [0.3, 0.4) is 0 Å². The molecule has 0 radical (unpaired) electrons. The second-order valence-electron chi connectivity index (χ2n) is 23.0. The van der Waals surface area contributed by atoms with Gasteiger partial charge in [0, 0.05) is 35.3 Å². The van der Waals surface area contributed by atoms with Gasteiger partial charge in [0.2, 0.25) is 0 Å². The first-order chi connectivity index (χ1) is 39.1. The lowest BCUT2D eigenvalue weighted by molar-refractivity contribution is -0.144. The van der Waals surface area contributed by atoms with Crippen molar-refractivity contribution in [3.63, 3.8) is 0 Å². The van der Waals surface area contributed by atoms with E-state index in [0.29, 0.717) is 35.0 Å². The Morgan fingerprint density at radius 3 is 0.925 bits per heavy atom. The van der Waals surface area contributed by atoms with E-state index in [9.17, 15) is 14.4 Å². The molecule has 9 rings (SSSR count). The maximum absolute atomic E-state index is 12.2. The molecule has 3 aliphatic carbocycles. The molecule has 426 valence electrons. The number of carbonyl (C=O) groups is 3. The summed E-state index contributed by atoms with van der Waals surface area (Å²) in [6, 6.07) is 35.7. The Morgan fingerprint density at radius 2 is 0.650 bits per heavy atom. The van der Waals surface area contributed by atoms with Crippen molar-refractivity contribution in [2.75, 3.05) is 0 Å². The predicted molar refractivity (Wildman–Crippen MR) is 324 cm³/mol. The van der Waals surface area contributed by atoms with Gasteiger partial charge in [0.05, 0.1) is 34.8 Å². The smallest absolute Gasteiger partial charge is 0.314 e. The molecule has 0 unspecified atom stereocenters. The number of benzene rings is 3. The first-order valence-corrected chi connectivity index (χ1v) is 30.9. The molecule has 80 heavy (non-hydrogen) atoms. The summed E-state index contributed by atoms with van der Waals surface area (Å²) < 4.78 is 16.6. The molecular formula is C71H91N3O6. The largest absolute Gasteiger partial charge is 0.426 e. The molecule has 6 aromatic rings. The number of unbranched alkanes of at least 4 members (excludes halogenated alkanes) is 5. The number of pyridine rings is 3. The van der Waals surface area contributed by atoms with Crippen LogP contribution in [0.1, 0.15) is 187 Å². The normalized spacial score (nSPS) is 18.8. The Morgan fingerprint density at radius 1 is 0.350 bits per heavy atom. The predicted octanol–water partition coefficient (Wildman–Crippen LogP) is 18.2. The number of hydrogen-bond donors (Lipinski definition) is 0. The summed E-state index contributed by atoms with van der Waals surface area (Å²) in [6.07, 6.45) is 32.3. The van der Waals surface area contributed by atoms with E-state index in [4.69, 9.17) is 14.2 Å². The molecule has 3 aliphatic rings. The number of hydrogen-bond acceptors (Lipinski definition) is 9. The SMILES string of the molecule is CCCCCCc1ccc(-c2ccc(OC(=O)C3CC(CCC)C3)cc2)nc1.CCCCCc1ccc(-c2ccc(OC(=O)C3CC(CCC)C3)cc2)nc1.CCCc1ccc(-c2ccc(OC(=O)C3CC(CCC)C3)cc2)nc1. The standard InChI is InChI=1S/C25H33NO2.C24H31NO2.C22H27NO2/c1-3-5-6-7-9-19-10-15-24(26-18-19)21-11-13-23(14-12-21)28-25(27)22-16-20(17-22)8-4-2;1-3-5-6-8-18-9-14-23(25-17-18)20-10-12-22(13-11-20)27-24(26)21-15-19(16-21)7-4-2;1-3-5-16-7-12-21(23-15-16)18-8-10-20(11-9-18)25-22(24)19-13-17(14-19)6-4-2/h10-15,18,20,22H,3-9,16-17H2,1-2H3;9-14,17,19,21H,3-8,15-16H2,1-2H3;7-12,15,17,19H,3-6,13-14H2,1-2H3. The fourth-order valence-electron chi connectivity index (χ4n) is 11.2. The van der Waals surface area contributed by atoms with E-state index in [-0.39, 0.29) is 35.7 Å². The van der Waals surface area contributed by atoms with Gasteiger partial charge >= 0.3 is 17.9 Å². The summed E-state index contributed by atoms with van der Waals surface area (Å²) in [7, 11) is 0. The van der Waals surface area contributed by atoms with Crippen molar-refractivity contribution >= 4 is 17.9 Å². The summed E-state index contributed by atoms with van der Waals surface area (Å²) in [5, 5.41) is 0. The highest BCUT2D eigenvalue weighted by Crippen LogP contribution is 2.40. The van der Waals surface area contributed by atoms with Crippen LogP contribution >= 0.6 is 0 Å². The molecule has 3 saturated carbocycles. The molecule has 3 heterocycles. The third-order valence-electron chi connectivity index (χ3n) is 16.3. The second kappa shape index (κ2) is 32.7. The average Bonchev–Trinajstić information content (AvgIpc) is 3.46. The molecule has 0 bridgehead atoms. The van der Waals surface area contributed by atoms with E-state index in [1.165, 1.54) is 100 Å². The third kappa shape index (κ3) is 19.1. The summed E-state index contributed by atoms with van der Waals surface area (Å²) in [6.45, 7) is 13.2. The van der Waals surface area contributed by atoms with Gasteiger partial charge in [-0.15, -0.1) is 0 Å². The number of nitrogens with zero attached hydrogens (tertiary/aromatic N) is 3. The summed E-state index contributed by atoms with van der Waals surface area (Å²) >= 11 is 0. The van der Waals surface area contributed by atoms with Gasteiger partial charge in [0.1, 0.15) is 17.2 Å². The summed E-state index contributed by atoms with van der Waals surface area (Å²) in [5.74, 6) is 4.03. The molecule has 0 saturated heterocycles. The zero-order chi connectivity index (χ0) is 56.5. The Hall–Kier alpha value is -6.48. The topological polar surface area (TPSA) is 118 Å². The minimum Gasteiger partial charge on any atom is -0.426 e. The lowest BCUT2D eigenvalue weighted by Crippen LogP contribution is -2.33. The van der Waals surface area contributed by atoms with Gasteiger partial charge in [-0.05, 0) is 196 Å². The fraction of sp³-hybridized carbons (Fsp3) is 0.493. The van der Waals surface area contributed by atoms with Crippen LogP contribution < -0.4 is 14.2 Å². The maximum atomic E-state index is 12.2. The number of rotatable bonds is 26. The third-order valence-corrected chi connectivity index (χ3v) is 16.3. The molecule has 9 nitrogen and oxygen atoms in total. The molecule has 0 aliphatic heterocycles. The number of esters is 3. The highest BCUT2D eigenvalue weighted by atomic mass is 16.5. The van der Waals surface area contributed by atoms with Crippen molar-refractivity contribution in [3.05, 3.63) is 144 Å². The van der Waals surface area contributed by atoms with Gasteiger partial charge in [0.15, 0.2) is 0 Å². The van der Waals surface area contributed by atoms with Gasteiger partial charge in [-0.2, -0.15) is 0 Å². The Balaban J connectivity index is 0.000000174. The molecule has 3 fully saturated rings. The highest BCUT2D eigenvalue weighted by molar-refractivity contribution is 5.78. The van der Waals surface area contributed by atoms with Crippen LogP contribution in [0.15, 0.2) is 128 Å². The number of aromatic nitrogens is 3. The van der Waals surface area contributed by atoms with Crippen molar-refractivity contribution in [1.82, 2.24) is 15.0 Å². The van der Waals surface area contributed by atoms with E-state index in [0.717, 1.165) is 98.0 Å². The van der Waals surface area contributed by atoms with Gasteiger partial charge in [0.25, 0.3) is 0 Å². The molecule has 3 aromatic carbocycles. The van der Waals surface area contributed by atoms with Gasteiger partial charge in [-0.25, -0.2) is 0 Å². The van der Waals surface area contributed by atoms with E-state index in [1.807, 2.05) is 97.5 Å². The number of aryl methyl sites for hydroxylation is 3. The molecular weight excluding hydrogens is 991 g/mol. The summed E-state index contributed by atoms with van der Waals surface area (Å²) in [4.78, 5) is 50.3. The zero-order valence-corrected chi connectivity index (χ0v) is 49.1. The highest BCUT2D eigenvalue weighted by Gasteiger charge is 2.37. The Bertz CT molecular complexity index is 2740. The second-order valence-corrected chi connectivity index (χ2v) is 23.0. The average molecular weight is 1080 g/mol. The molecule has 3 aromatic heterocycles. The van der Waals surface area contributed by atoms with E-state index >= 15 is 0 Å². The fourth-order valence-corrected chi connectivity index (χ4v) is 11.2. The Labute approximate surface area is 479 Å². The quantitative estimate of drug-likeness (QED) is 0.0297. The molecule has 0 amide bonds. The van der Waals surface area contributed by atoms with Crippen molar-refractivity contribution in [2.24, 2.45) is 35.5 Å². The van der Waals surface area contributed by atoms with E-state index in [2.05, 4.69) is 86.8 Å². The van der Waals surface area contributed by atoms with E-state index < -0.39 is 0 Å². The first-order valence-electron chi connectivity index (χ1n) is 30.9. The van der Waals surface area contributed by atoms with Crippen LogP contribution in [0.4, 0.5) is 0 Å². The lowest BCUT2D eigenvalue weighted by Gasteiger charge is -2.33. The van der Waals surface area contributed by atoms with Crippen LogP contribution in [0.5, 0.6) is 17.2 Å². The first kappa shape index (κ1) is 61.1. The van der Waals surface area contributed by atoms with Crippen molar-refractivity contribution in [2.45, 2.75) is 189 Å². The minimum absolute atomic E-state index is 0.0781. The van der Waals surface area contributed by atoms with Crippen molar-refractivity contribution < 1.29 is 28.6 Å². The van der Waals surface area contributed by atoms with E-state index in [1.54, 1.807) is 0 Å². The molecule has 0 N–H and O–H groups in total. The molecule has 0 spiro atoms.